The van der Waals surface area contributed by atoms with Gasteiger partial charge in [-0.15, -0.1) is 0 Å². The first-order valence-electron chi connectivity index (χ1n) is 11.3. The fourth-order valence-electron chi connectivity index (χ4n) is 3.49. The van der Waals surface area contributed by atoms with Gasteiger partial charge in [-0.25, -0.2) is 0 Å². The molecule has 184 valence electrons. The Morgan fingerprint density at radius 2 is 1.81 bits per heavy atom. The minimum atomic E-state index is -0.476. The lowest BCUT2D eigenvalue weighted by atomic mass is 9.87. The van der Waals surface area contributed by atoms with Crippen molar-refractivity contribution < 1.29 is 14.3 Å². The van der Waals surface area contributed by atoms with E-state index >= 15 is 0 Å². The third-order valence-corrected chi connectivity index (χ3v) is 7.05. The van der Waals surface area contributed by atoms with Crippen LogP contribution in [0.5, 0.6) is 5.75 Å². The first kappa shape index (κ1) is 25.9. The molecule has 3 aromatic carbocycles. The lowest BCUT2D eigenvalue weighted by molar-refractivity contribution is -0.123. The Hall–Kier alpha value is -3.13. The Labute approximate surface area is 225 Å². The van der Waals surface area contributed by atoms with Gasteiger partial charge in [0.05, 0.1) is 4.91 Å². The van der Waals surface area contributed by atoms with Crippen LogP contribution in [-0.2, 0) is 16.8 Å². The predicted octanol–water partition coefficient (Wildman–Crippen LogP) is 6.76. The maximum Gasteiger partial charge on any atom is 0.285 e. The van der Waals surface area contributed by atoms with Crippen molar-refractivity contribution in [2.24, 2.45) is 0 Å². The highest BCUT2D eigenvalue weighted by Gasteiger charge is 2.34. The number of ether oxygens (including phenoxy) is 1. The normalized spacial score (nSPS) is 14.9. The van der Waals surface area contributed by atoms with Crippen LogP contribution in [0.25, 0.3) is 6.08 Å². The largest absolute Gasteiger partial charge is 0.488 e. The van der Waals surface area contributed by atoms with Crippen molar-refractivity contribution in [1.29, 1.82) is 0 Å². The Bertz CT molecular complexity index is 1350. The first-order chi connectivity index (χ1) is 17.1. The summed E-state index contributed by atoms with van der Waals surface area (Å²) in [5.74, 6) is -0.241. The van der Waals surface area contributed by atoms with Crippen LogP contribution in [0.4, 0.5) is 0 Å². The number of nitrogens with zero attached hydrogens (tertiary/aromatic N) is 1. The van der Waals surface area contributed by atoms with Gasteiger partial charge in [-0.2, -0.15) is 5.01 Å². The molecule has 5 nitrogen and oxygen atoms in total. The summed E-state index contributed by atoms with van der Waals surface area (Å²) in [5.41, 5.74) is 6.03. The van der Waals surface area contributed by atoms with Gasteiger partial charge in [0.2, 0.25) is 0 Å². The molecule has 1 aliphatic rings. The minimum Gasteiger partial charge on any atom is -0.488 e. The van der Waals surface area contributed by atoms with E-state index in [1.807, 2.05) is 24.3 Å². The smallest absolute Gasteiger partial charge is 0.285 e. The van der Waals surface area contributed by atoms with E-state index in [-0.39, 0.29) is 9.74 Å². The number of thiocarbonyl (C=S) groups is 1. The number of para-hydroxylation sites is 1. The van der Waals surface area contributed by atoms with Crippen molar-refractivity contribution in [3.8, 4) is 5.75 Å². The lowest BCUT2D eigenvalue weighted by Crippen LogP contribution is -2.44. The zero-order valence-corrected chi connectivity index (χ0v) is 22.5. The summed E-state index contributed by atoms with van der Waals surface area (Å²) in [5, 5.41) is 1.50. The number of hydrogen-bond donors (Lipinski definition) is 1. The van der Waals surface area contributed by atoms with E-state index in [0.717, 1.165) is 27.9 Å². The van der Waals surface area contributed by atoms with Gasteiger partial charge in [-0.3, -0.25) is 15.0 Å². The molecular weight excluding hydrogens is 512 g/mol. The van der Waals surface area contributed by atoms with E-state index in [1.54, 1.807) is 24.3 Å². The summed E-state index contributed by atoms with van der Waals surface area (Å²) >= 11 is 12.4. The highest BCUT2D eigenvalue weighted by Crippen LogP contribution is 2.33. The quantitative estimate of drug-likeness (QED) is 0.278. The van der Waals surface area contributed by atoms with Crippen LogP contribution in [0.1, 0.15) is 47.8 Å². The number of amides is 2. The summed E-state index contributed by atoms with van der Waals surface area (Å²) < 4.78 is 6.32. The molecule has 0 atom stereocenters. The summed E-state index contributed by atoms with van der Waals surface area (Å²) in [4.78, 5) is 26.0. The molecule has 0 bridgehead atoms. The standard InChI is InChI=1S/C28H25ClN2O3S2/c1-28(2,3)21-13-11-18(12-14-21)17-34-23-10-5-4-7-19(23)16-24-26(33)31(27(35)36-24)30-25(32)20-8-6-9-22(29)15-20/h4-16H,17H2,1-3H3,(H,30,32)/b24-16+. The molecular formula is C28H25ClN2O3S2. The molecule has 0 unspecified atom stereocenters. The number of carbonyl (C=O) groups is 2. The van der Waals surface area contributed by atoms with Gasteiger partial charge in [-0.1, -0.05) is 92.7 Å². The third kappa shape index (κ3) is 6.16. The number of hydrazine groups is 1. The second kappa shape index (κ2) is 10.9. The number of benzene rings is 3. The van der Waals surface area contributed by atoms with Crippen molar-refractivity contribution in [2.75, 3.05) is 0 Å². The van der Waals surface area contributed by atoms with E-state index in [4.69, 9.17) is 28.6 Å². The van der Waals surface area contributed by atoms with Crippen LogP contribution in [0.15, 0.2) is 77.7 Å². The van der Waals surface area contributed by atoms with Gasteiger partial charge < -0.3 is 4.74 Å². The van der Waals surface area contributed by atoms with Gasteiger partial charge in [0.25, 0.3) is 11.8 Å². The molecule has 1 fully saturated rings. The Balaban J connectivity index is 1.47. The van der Waals surface area contributed by atoms with Gasteiger partial charge in [0.1, 0.15) is 12.4 Å². The van der Waals surface area contributed by atoms with Crippen LogP contribution in [-0.4, -0.2) is 21.1 Å². The summed E-state index contributed by atoms with van der Waals surface area (Å²) in [7, 11) is 0. The first-order valence-corrected chi connectivity index (χ1v) is 12.9. The summed E-state index contributed by atoms with van der Waals surface area (Å²) in [6.07, 6.45) is 1.73. The van der Waals surface area contributed by atoms with Gasteiger partial charge in [-0.05, 0) is 59.1 Å². The molecule has 0 aromatic heterocycles. The van der Waals surface area contributed by atoms with E-state index < -0.39 is 11.8 Å². The van der Waals surface area contributed by atoms with E-state index in [2.05, 4.69) is 50.5 Å². The van der Waals surface area contributed by atoms with Crippen LogP contribution in [0, 0.1) is 0 Å². The molecule has 1 N–H and O–H groups in total. The van der Waals surface area contributed by atoms with E-state index in [1.165, 1.54) is 11.6 Å². The summed E-state index contributed by atoms with van der Waals surface area (Å²) in [6.45, 7) is 6.94. The highest BCUT2D eigenvalue weighted by atomic mass is 35.5. The second-order valence-electron chi connectivity index (χ2n) is 9.24. The van der Waals surface area contributed by atoms with E-state index in [9.17, 15) is 9.59 Å². The van der Waals surface area contributed by atoms with Crippen molar-refractivity contribution in [2.45, 2.75) is 32.8 Å². The van der Waals surface area contributed by atoms with Gasteiger partial charge in [0.15, 0.2) is 4.32 Å². The zero-order valence-electron chi connectivity index (χ0n) is 20.1. The fourth-order valence-corrected chi connectivity index (χ4v) is 4.86. The Morgan fingerprint density at radius 3 is 2.50 bits per heavy atom. The molecule has 1 aliphatic heterocycles. The van der Waals surface area contributed by atoms with E-state index in [0.29, 0.717) is 27.8 Å². The molecule has 2 amide bonds. The topological polar surface area (TPSA) is 58.6 Å². The number of nitrogens with one attached hydrogen (secondary N) is 1. The molecule has 3 aromatic rings. The zero-order chi connectivity index (χ0) is 25.9. The van der Waals surface area contributed by atoms with Crippen LogP contribution in [0.3, 0.4) is 0 Å². The maximum absolute atomic E-state index is 13.0. The van der Waals surface area contributed by atoms with Gasteiger partial charge >= 0.3 is 0 Å². The number of rotatable bonds is 6. The molecule has 8 heteroatoms. The fraction of sp³-hybridized carbons (Fsp3) is 0.179. The predicted molar refractivity (Wildman–Crippen MR) is 150 cm³/mol. The van der Waals surface area contributed by atoms with Crippen molar-refractivity contribution in [3.05, 3.63) is 105 Å². The molecule has 1 heterocycles. The number of halogens is 1. The average molecular weight is 537 g/mol. The molecule has 0 aliphatic carbocycles. The Morgan fingerprint density at radius 1 is 1.08 bits per heavy atom. The van der Waals surface area contributed by atoms with Gasteiger partial charge in [0, 0.05) is 16.1 Å². The van der Waals surface area contributed by atoms with Crippen molar-refractivity contribution in [1.82, 2.24) is 10.4 Å². The monoisotopic (exact) mass is 536 g/mol. The number of carbonyl (C=O) groups excluding carboxylic acids is 2. The molecule has 0 saturated carbocycles. The van der Waals surface area contributed by atoms with Crippen molar-refractivity contribution >= 4 is 57.8 Å². The molecule has 0 radical (unpaired) electrons. The van der Waals surface area contributed by atoms with Crippen LogP contribution >= 0.6 is 35.6 Å². The third-order valence-electron chi connectivity index (χ3n) is 5.51. The molecule has 0 spiro atoms. The lowest BCUT2D eigenvalue weighted by Gasteiger charge is -2.19. The SMILES string of the molecule is CC(C)(C)c1ccc(COc2ccccc2/C=C2/SC(=S)N(NC(=O)c3cccc(Cl)c3)C2=O)cc1. The summed E-state index contributed by atoms with van der Waals surface area (Å²) in [6, 6.07) is 22.3. The molecule has 1 saturated heterocycles. The molecule has 4 rings (SSSR count). The second-order valence-corrected chi connectivity index (χ2v) is 11.4. The van der Waals surface area contributed by atoms with Crippen LogP contribution < -0.4 is 10.2 Å². The average Bonchev–Trinajstić information content (AvgIpc) is 3.10. The molecule has 36 heavy (non-hydrogen) atoms. The Kier molecular flexibility index (Phi) is 7.83. The number of thioether (sulfide) groups is 1. The number of hydrogen-bond acceptors (Lipinski definition) is 5. The van der Waals surface area contributed by atoms with Crippen LogP contribution in [0.2, 0.25) is 5.02 Å². The van der Waals surface area contributed by atoms with Crippen molar-refractivity contribution in [3.63, 3.8) is 0 Å². The minimum absolute atomic E-state index is 0.0890. The maximum atomic E-state index is 13.0. The highest BCUT2D eigenvalue weighted by molar-refractivity contribution is 8.26.